The number of nitrogens with one attached hydrogen (secondary N) is 4. The molecule has 0 unspecified atom stereocenters. The number of nitrogens with zero attached hydrogens (tertiary/aromatic N) is 1. The molecule has 0 aliphatic rings. The van der Waals surface area contributed by atoms with E-state index in [-0.39, 0.29) is 44.3 Å². The summed E-state index contributed by atoms with van der Waals surface area (Å²) in [6.45, 7) is 0.339. The number of guanidine groups is 1. The fourth-order valence-electron chi connectivity index (χ4n) is 5.28. The largest absolute Gasteiger partial charge is 0.459 e. The van der Waals surface area contributed by atoms with Gasteiger partial charge in [-0.1, -0.05) is 66.7 Å². The van der Waals surface area contributed by atoms with Crippen LogP contribution in [0.4, 0.5) is 0 Å². The van der Waals surface area contributed by atoms with Crippen molar-refractivity contribution in [3.05, 3.63) is 108 Å². The molecule has 0 bridgehead atoms. The summed E-state index contributed by atoms with van der Waals surface area (Å²) in [4.78, 5) is 50.8. The van der Waals surface area contributed by atoms with Crippen molar-refractivity contribution in [3.63, 3.8) is 0 Å². The number of ether oxygens (including phenoxy) is 1. The second kappa shape index (κ2) is 14.7. The van der Waals surface area contributed by atoms with Gasteiger partial charge in [0.15, 0.2) is 5.96 Å². The first kappa shape index (κ1) is 30.9. The van der Waals surface area contributed by atoms with Gasteiger partial charge in [-0.15, -0.1) is 0 Å². The SMILES string of the molecule is NC(N)=NCCC[C@H](NC(=O)Cc1c[nH]c2ccccc12)C(=O)N[C@@H](Cc1c[nH]c2ccccc12)C(=O)OCc1ccccc1. The monoisotopic (exact) mass is 607 g/mol. The van der Waals surface area contributed by atoms with E-state index in [0.717, 1.165) is 38.5 Å². The zero-order chi connectivity index (χ0) is 31.6. The molecule has 0 aliphatic carbocycles. The van der Waals surface area contributed by atoms with Crippen molar-refractivity contribution in [1.82, 2.24) is 20.6 Å². The number of nitrogens with two attached hydrogens (primary N) is 2. The van der Waals surface area contributed by atoms with Crippen LogP contribution in [0.5, 0.6) is 0 Å². The van der Waals surface area contributed by atoms with E-state index in [0.29, 0.717) is 6.42 Å². The third kappa shape index (κ3) is 8.29. The number of para-hydroxylation sites is 2. The van der Waals surface area contributed by atoms with Gasteiger partial charge in [-0.2, -0.15) is 0 Å². The van der Waals surface area contributed by atoms with E-state index in [2.05, 4.69) is 25.6 Å². The summed E-state index contributed by atoms with van der Waals surface area (Å²) >= 11 is 0. The molecular weight excluding hydrogens is 570 g/mol. The Morgan fingerprint density at radius 3 is 2.09 bits per heavy atom. The summed E-state index contributed by atoms with van der Waals surface area (Å²) in [5.74, 6) is -1.48. The van der Waals surface area contributed by atoms with Crippen LogP contribution in [0.3, 0.4) is 0 Å². The van der Waals surface area contributed by atoms with Gasteiger partial charge in [0, 0.05) is 47.2 Å². The number of aromatic amines is 2. The van der Waals surface area contributed by atoms with Crippen molar-refractivity contribution in [1.29, 1.82) is 0 Å². The molecular formula is C34H37N7O4. The van der Waals surface area contributed by atoms with E-state index in [1.165, 1.54) is 0 Å². The third-order valence-corrected chi connectivity index (χ3v) is 7.55. The first-order valence-electron chi connectivity index (χ1n) is 14.8. The molecule has 0 aliphatic heterocycles. The number of hydrogen-bond acceptors (Lipinski definition) is 5. The van der Waals surface area contributed by atoms with E-state index in [4.69, 9.17) is 16.2 Å². The van der Waals surface area contributed by atoms with Crippen LogP contribution in [-0.2, 0) is 38.6 Å². The predicted molar refractivity (Wildman–Crippen MR) is 174 cm³/mol. The third-order valence-electron chi connectivity index (χ3n) is 7.55. The number of aromatic nitrogens is 2. The number of benzene rings is 3. The molecule has 0 spiro atoms. The highest BCUT2D eigenvalue weighted by molar-refractivity contribution is 5.93. The van der Waals surface area contributed by atoms with E-state index < -0.39 is 24.0 Å². The highest BCUT2D eigenvalue weighted by atomic mass is 16.5. The predicted octanol–water partition coefficient (Wildman–Crippen LogP) is 3.20. The van der Waals surface area contributed by atoms with Gasteiger partial charge < -0.3 is 36.8 Å². The molecule has 8 N–H and O–H groups in total. The van der Waals surface area contributed by atoms with Crippen molar-refractivity contribution in [2.45, 2.75) is 44.4 Å². The van der Waals surface area contributed by atoms with Crippen LogP contribution in [0.1, 0.15) is 29.5 Å². The lowest BCUT2D eigenvalue weighted by Crippen LogP contribution is -2.52. The summed E-state index contributed by atoms with van der Waals surface area (Å²) in [6, 6.07) is 22.8. The van der Waals surface area contributed by atoms with E-state index in [1.807, 2.05) is 85.1 Å². The van der Waals surface area contributed by atoms with Gasteiger partial charge in [0.2, 0.25) is 11.8 Å². The minimum absolute atomic E-state index is 0.0562. The van der Waals surface area contributed by atoms with Gasteiger partial charge in [-0.25, -0.2) is 4.79 Å². The molecule has 2 atom stereocenters. The first-order valence-corrected chi connectivity index (χ1v) is 14.8. The van der Waals surface area contributed by atoms with E-state index in [9.17, 15) is 14.4 Å². The number of H-pyrrole nitrogens is 2. The Bertz CT molecular complexity index is 1790. The van der Waals surface area contributed by atoms with Gasteiger partial charge in [0.25, 0.3) is 0 Å². The van der Waals surface area contributed by atoms with Crippen molar-refractivity contribution in [2.75, 3.05) is 6.54 Å². The quantitative estimate of drug-likeness (QED) is 0.0488. The number of fused-ring (bicyclic) bond motifs is 2. The summed E-state index contributed by atoms with van der Waals surface area (Å²) in [5.41, 5.74) is 15.2. The lowest BCUT2D eigenvalue weighted by Gasteiger charge is -2.23. The molecule has 11 heteroatoms. The van der Waals surface area contributed by atoms with Crippen LogP contribution in [0.25, 0.3) is 21.8 Å². The first-order chi connectivity index (χ1) is 21.9. The number of carbonyl (C=O) groups is 3. The summed E-state index contributed by atoms with van der Waals surface area (Å²) in [6.07, 6.45) is 4.55. The fourth-order valence-corrected chi connectivity index (χ4v) is 5.28. The van der Waals surface area contributed by atoms with Gasteiger partial charge in [0.1, 0.15) is 18.7 Å². The lowest BCUT2D eigenvalue weighted by molar-refractivity contribution is -0.149. The fraction of sp³-hybridized carbons (Fsp3) is 0.235. The van der Waals surface area contributed by atoms with Gasteiger partial charge in [-0.05, 0) is 41.7 Å². The van der Waals surface area contributed by atoms with Crippen LogP contribution >= 0.6 is 0 Å². The number of carbonyl (C=O) groups excluding carboxylic acids is 3. The molecule has 45 heavy (non-hydrogen) atoms. The molecule has 0 saturated heterocycles. The highest BCUT2D eigenvalue weighted by Gasteiger charge is 2.29. The summed E-state index contributed by atoms with van der Waals surface area (Å²) in [5, 5.41) is 7.60. The number of rotatable bonds is 14. The maximum atomic E-state index is 13.8. The van der Waals surface area contributed by atoms with Crippen molar-refractivity contribution >= 4 is 45.5 Å². The average Bonchev–Trinajstić information content (AvgIpc) is 3.65. The van der Waals surface area contributed by atoms with Crippen molar-refractivity contribution in [2.24, 2.45) is 16.5 Å². The topological polar surface area (TPSA) is 180 Å². The smallest absolute Gasteiger partial charge is 0.329 e. The van der Waals surface area contributed by atoms with E-state index in [1.54, 1.807) is 6.20 Å². The van der Waals surface area contributed by atoms with Gasteiger partial charge >= 0.3 is 5.97 Å². The zero-order valence-electron chi connectivity index (χ0n) is 24.8. The van der Waals surface area contributed by atoms with E-state index >= 15 is 0 Å². The van der Waals surface area contributed by atoms with Crippen LogP contribution in [0.15, 0.2) is 96.2 Å². The van der Waals surface area contributed by atoms with Crippen LogP contribution in [0, 0.1) is 0 Å². The Morgan fingerprint density at radius 1 is 0.778 bits per heavy atom. The molecule has 5 aromatic rings. The zero-order valence-corrected chi connectivity index (χ0v) is 24.8. The number of esters is 1. The van der Waals surface area contributed by atoms with Crippen LogP contribution in [0.2, 0.25) is 0 Å². The molecule has 3 aromatic carbocycles. The second-order valence-electron chi connectivity index (χ2n) is 10.8. The Kier molecular flexibility index (Phi) is 10.1. The van der Waals surface area contributed by atoms with Crippen molar-refractivity contribution in [3.8, 4) is 0 Å². The lowest BCUT2D eigenvalue weighted by atomic mass is 10.0. The molecule has 2 heterocycles. The second-order valence-corrected chi connectivity index (χ2v) is 10.8. The van der Waals surface area contributed by atoms with Crippen LogP contribution in [-0.4, -0.2) is 52.3 Å². The summed E-state index contributed by atoms with van der Waals surface area (Å²) in [7, 11) is 0. The summed E-state index contributed by atoms with van der Waals surface area (Å²) < 4.78 is 5.65. The number of hydrogen-bond donors (Lipinski definition) is 6. The molecule has 0 fully saturated rings. The molecule has 5 rings (SSSR count). The molecule has 0 saturated carbocycles. The maximum absolute atomic E-state index is 13.8. The molecule has 2 aromatic heterocycles. The molecule has 2 amide bonds. The Hall–Kier alpha value is -5.58. The number of amides is 2. The Morgan fingerprint density at radius 2 is 1.40 bits per heavy atom. The minimum atomic E-state index is -1.01. The highest BCUT2D eigenvalue weighted by Crippen LogP contribution is 2.21. The molecule has 11 nitrogen and oxygen atoms in total. The van der Waals surface area contributed by atoms with Crippen molar-refractivity contribution < 1.29 is 19.1 Å². The standard InChI is InChI=1S/C34H37N7O4/c35-34(36)37-16-8-15-29(40-31(42)18-24-20-39-28-14-7-5-12-26(24)28)32(43)41-30(33(44)45-21-22-9-2-1-3-10-22)17-23-19-38-27-13-6-4-11-25(23)27/h1-7,9-14,19-20,29-30,38-39H,8,15-18,21H2,(H,40,42)(H,41,43)(H4,35,36,37)/t29-,30-/m0/s1. The molecule has 232 valence electrons. The van der Waals surface area contributed by atoms with Gasteiger partial charge in [0.05, 0.1) is 6.42 Å². The Labute approximate surface area is 260 Å². The number of aliphatic imine (C=N–C) groups is 1. The average molecular weight is 608 g/mol. The molecule has 0 radical (unpaired) electrons. The minimum Gasteiger partial charge on any atom is -0.459 e. The van der Waals surface area contributed by atoms with Gasteiger partial charge in [-0.3, -0.25) is 14.6 Å². The maximum Gasteiger partial charge on any atom is 0.329 e. The van der Waals surface area contributed by atoms with Crippen LogP contribution < -0.4 is 22.1 Å². The normalized spacial score (nSPS) is 12.4. The Balaban J connectivity index is 1.33.